The van der Waals surface area contributed by atoms with Crippen molar-refractivity contribution in [2.45, 2.75) is 66.0 Å². The van der Waals surface area contributed by atoms with Crippen LogP contribution < -0.4 is 10.1 Å². The van der Waals surface area contributed by atoms with Gasteiger partial charge in [-0.1, -0.05) is 25.4 Å². The summed E-state index contributed by atoms with van der Waals surface area (Å²) in [5.41, 5.74) is 0.506. The van der Waals surface area contributed by atoms with Gasteiger partial charge in [0.25, 0.3) is 0 Å². The molecule has 2 aromatic rings. The molecule has 0 aliphatic carbocycles. The average Bonchev–Trinajstić information content (AvgIpc) is 2.58. The van der Waals surface area contributed by atoms with Gasteiger partial charge in [-0.15, -0.1) is 0 Å². The summed E-state index contributed by atoms with van der Waals surface area (Å²) in [5, 5.41) is 3.45. The molecule has 1 heterocycles. The molecule has 164 valence electrons. The lowest BCUT2D eigenvalue weighted by Crippen LogP contribution is -2.52. The molecule has 2 rings (SSSR count). The monoisotopic (exact) mass is 433 g/mol. The first-order valence-electron chi connectivity index (χ1n) is 10.1. The molecule has 30 heavy (non-hydrogen) atoms. The van der Waals surface area contributed by atoms with E-state index in [2.05, 4.69) is 29.1 Å². The van der Waals surface area contributed by atoms with Gasteiger partial charge >= 0.3 is 6.09 Å². The average molecular weight is 434 g/mol. The lowest BCUT2D eigenvalue weighted by Gasteiger charge is -2.33. The van der Waals surface area contributed by atoms with Crippen molar-refractivity contribution in [1.29, 1.82) is 0 Å². The minimum absolute atomic E-state index is 0.260. The second-order valence-corrected chi connectivity index (χ2v) is 9.62. The second kappa shape index (κ2) is 9.65. The summed E-state index contributed by atoms with van der Waals surface area (Å²) in [6, 6.07) is 7.38. The van der Waals surface area contributed by atoms with Gasteiger partial charge in [0.05, 0.1) is 16.3 Å². The molecule has 1 atom stereocenters. The zero-order valence-electron chi connectivity index (χ0n) is 18.9. The Morgan fingerprint density at radius 1 is 1.20 bits per heavy atom. The normalized spacial score (nSPS) is 13.6. The van der Waals surface area contributed by atoms with Crippen LogP contribution in [-0.2, 0) is 4.74 Å². The molecule has 0 aliphatic rings. The first-order chi connectivity index (χ1) is 13.9. The lowest BCUT2D eigenvalue weighted by molar-refractivity contribution is 0.0408. The highest BCUT2D eigenvalue weighted by atomic mass is 35.5. The molecule has 1 N–H and O–H groups in total. The minimum Gasteiger partial charge on any atom is -0.490 e. The number of benzene rings is 1. The van der Waals surface area contributed by atoms with Gasteiger partial charge in [-0.05, 0) is 71.2 Å². The second-order valence-electron chi connectivity index (χ2n) is 9.21. The van der Waals surface area contributed by atoms with Crippen molar-refractivity contribution in [3.63, 3.8) is 0 Å². The Hall–Kier alpha value is -2.34. The number of ether oxygens (including phenoxy) is 2. The van der Waals surface area contributed by atoms with Crippen LogP contribution >= 0.6 is 11.6 Å². The fourth-order valence-electron chi connectivity index (χ4n) is 3.23. The number of nitrogens with one attached hydrogen (secondary N) is 1. The maximum Gasteiger partial charge on any atom is 0.408 e. The van der Waals surface area contributed by atoms with Crippen LogP contribution in [0.2, 0.25) is 5.02 Å². The third-order valence-electron chi connectivity index (χ3n) is 4.21. The third kappa shape index (κ3) is 7.48. The number of hydrogen-bond acceptors (Lipinski definition) is 5. The van der Waals surface area contributed by atoms with Crippen LogP contribution in [0.5, 0.6) is 5.75 Å². The quantitative estimate of drug-likeness (QED) is 0.596. The number of hydrogen-bond donors (Lipinski definition) is 1. The van der Waals surface area contributed by atoms with Gasteiger partial charge in [0.1, 0.15) is 23.8 Å². The van der Waals surface area contributed by atoms with Crippen molar-refractivity contribution in [3.8, 4) is 17.0 Å². The van der Waals surface area contributed by atoms with E-state index < -0.39 is 17.2 Å². The summed E-state index contributed by atoms with van der Waals surface area (Å²) >= 11 is 6.47. The maximum absolute atomic E-state index is 12.3. The van der Waals surface area contributed by atoms with E-state index in [-0.39, 0.29) is 6.61 Å². The highest BCUT2D eigenvalue weighted by Gasteiger charge is 2.31. The number of amides is 1. The Kier molecular flexibility index (Phi) is 7.70. The van der Waals surface area contributed by atoms with Crippen molar-refractivity contribution in [2.75, 3.05) is 6.61 Å². The number of carbonyl (C=O) groups excluding carboxylic acids is 1. The van der Waals surface area contributed by atoms with Gasteiger partial charge in [0.2, 0.25) is 0 Å². The zero-order chi connectivity index (χ0) is 22.5. The van der Waals surface area contributed by atoms with Crippen LogP contribution in [0.4, 0.5) is 4.79 Å². The number of alkyl carbamates (subject to hydrolysis) is 1. The Labute approximate surface area is 184 Å². The molecule has 6 nitrogen and oxygen atoms in total. The molecule has 7 heteroatoms. The van der Waals surface area contributed by atoms with Gasteiger partial charge < -0.3 is 14.8 Å². The van der Waals surface area contributed by atoms with Crippen molar-refractivity contribution in [2.24, 2.45) is 5.92 Å². The molecule has 0 bridgehead atoms. The Morgan fingerprint density at radius 3 is 2.47 bits per heavy atom. The summed E-state index contributed by atoms with van der Waals surface area (Å²) in [7, 11) is 0. The van der Waals surface area contributed by atoms with E-state index in [4.69, 9.17) is 21.1 Å². The summed E-state index contributed by atoms with van der Waals surface area (Å²) in [6.45, 7) is 13.8. The topological polar surface area (TPSA) is 73.3 Å². The van der Waals surface area contributed by atoms with Crippen molar-refractivity contribution in [3.05, 3.63) is 41.3 Å². The molecule has 1 amide bonds. The standard InChI is InChI=1S/C23H32ClN3O3/c1-15(2)13-23(7,27-21(28)30-22(4,5)6)14-29-20-9-8-17(12-18(20)24)19-10-11-25-16(3)26-19/h8-12,15H,13-14H2,1-7H3,(H,27,28)/t23-/m0/s1. The van der Waals surface area contributed by atoms with Crippen LogP contribution in [0.3, 0.4) is 0 Å². The van der Waals surface area contributed by atoms with Gasteiger partial charge in [-0.3, -0.25) is 0 Å². The maximum atomic E-state index is 12.3. The van der Waals surface area contributed by atoms with E-state index in [9.17, 15) is 4.79 Å². The Bertz CT molecular complexity index is 880. The number of carbonyl (C=O) groups is 1. The zero-order valence-corrected chi connectivity index (χ0v) is 19.6. The van der Waals surface area contributed by atoms with Crippen molar-refractivity contribution in [1.82, 2.24) is 15.3 Å². The Morgan fingerprint density at radius 2 is 1.90 bits per heavy atom. The molecule has 0 fully saturated rings. The lowest BCUT2D eigenvalue weighted by atomic mass is 9.91. The number of nitrogens with zero attached hydrogens (tertiary/aromatic N) is 2. The van der Waals surface area contributed by atoms with Gasteiger partial charge in [-0.2, -0.15) is 0 Å². The van der Waals surface area contributed by atoms with Crippen LogP contribution in [0.1, 0.15) is 53.8 Å². The van der Waals surface area contributed by atoms with Crippen molar-refractivity contribution < 1.29 is 14.3 Å². The molecule has 0 spiro atoms. The van der Waals surface area contributed by atoms with Crippen molar-refractivity contribution >= 4 is 17.7 Å². The SMILES string of the molecule is Cc1nccc(-c2ccc(OC[C@](C)(CC(C)C)NC(=O)OC(C)(C)C)c(Cl)c2)n1. The van der Waals surface area contributed by atoms with Gasteiger partial charge in [0.15, 0.2) is 0 Å². The fourth-order valence-corrected chi connectivity index (χ4v) is 3.46. The third-order valence-corrected chi connectivity index (χ3v) is 4.51. The molecule has 1 aromatic heterocycles. The first-order valence-corrected chi connectivity index (χ1v) is 10.5. The van der Waals surface area contributed by atoms with E-state index in [1.165, 1.54) is 0 Å². The van der Waals surface area contributed by atoms with Crippen LogP contribution in [-0.4, -0.2) is 33.8 Å². The molecule has 0 aliphatic heterocycles. The number of halogens is 1. The molecular formula is C23H32ClN3O3. The minimum atomic E-state index is -0.609. The van der Waals surface area contributed by atoms with Crippen LogP contribution in [0, 0.1) is 12.8 Å². The van der Waals surface area contributed by atoms with Gasteiger partial charge in [0, 0.05) is 11.8 Å². The largest absolute Gasteiger partial charge is 0.490 e. The highest BCUT2D eigenvalue weighted by molar-refractivity contribution is 6.32. The van der Waals surface area contributed by atoms with Gasteiger partial charge in [-0.25, -0.2) is 14.8 Å². The summed E-state index contributed by atoms with van der Waals surface area (Å²) in [6.07, 6.45) is 1.98. The highest BCUT2D eigenvalue weighted by Crippen LogP contribution is 2.31. The molecule has 0 radical (unpaired) electrons. The predicted molar refractivity (Wildman–Crippen MR) is 120 cm³/mol. The van der Waals surface area contributed by atoms with E-state index in [0.717, 1.165) is 17.7 Å². The number of aromatic nitrogens is 2. The molecule has 1 aromatic carbocycles. The fraction of sp³-hybridized carbons (Fsp3) is 0.522. The van der Waals surface area contributed by atoms with E-state index in [0.29, 0.717) is 22.5 Å². The van der Waals surface area contributed by atoms with E-state index >= 15 is 0 Å². The van der Waals surface area contributed by atoms with Crippen LogP contribution in [0.25, 0.3) is 11.3 Å². The van der Waals surface area contributed by atoms with Crippen LogP contribution in [0.15, 0.2) is 30.5 Å². The molecule has 0 saturated heterocycles. The van der Waals surface area contributed by atoms with E-state index in [1.807, 2.05) is 58.9 Å². The summed E-state index contributed by atoms with van der Waals surface area (Å²) < 4.78 is 11.4. The Balaban J connectivity index is 2.13. The summed E-state index contributed by atoms with van der Waals surface area (Å²) in [4.78, 5) is 20.9. The summed E-state index contributed by atoms with van der Waals surface area (Å²) in [5.74, 6) is 1.60. The first kappa shape index (κ1) is 23.9. The molecular weight excluding hydrogens is 402 g/mol. The molecule has 0 saturated carbocycles. The van der Waals surface area contributed by atoms with E-state index in [1.54, 1.807) is 6.20 Å². The molecule has 0 unspecified atom stereocenters. The smallest absolute Gasteiger partial charge is 0.408 e. The predicted octanol–water partition coefficient (Wildman–Crippen LogP) is 5.81. The number of rotatable bonds is 7. The number of aryl methyl sites for hydroxylation is 1.